The molecule has 0 bridgehead atoms. The molecule has 0 aliphatic heterocycles. The largest absolute Gasteiger partial charge is 0.192 e. The van der Waals surface area contributed by atoms with E-state index in [9.17, 15) is 0 Å². The second kappa shape index (κ2) is 14.6. The highest BCUT2D eigenvalue weighted by atomic mass is 14.3. The van der Waals surface area contributed by atoms with Crippen LogP contribution in [0.3, 0.4) is 0 Å². The van der Waals surface area contributed by atoms with Crippen LogP contribution in [0.5, 0.6) is 0 Å². The number of benzene rings is 1. The highest BCUT2D eigenvalue weighted by Crippen LogP contribution is 2.37. The van der Waals surface area contributed by atoms with Crippen LogP contribution < -0.4 is 0 Å². The molecule has 176 valence electrons. The van der Waals surface area contributed by atoms with Gasteiger partial charge in [0, 0.05) is 0 Å². The van der Waals surface area contributed by atoms with Crippen molar-refractivity contribution in [1.29, 1.82) is 5.26 Å². The Balaban J connectivity index is 1.24. The van der Waals surface area contributed by atoms with Gasteiger partial charge in [0.25, 0.3) is 0 Å². The fourth-order valence-corrected chi connectivity index (χ4v) is 5.98. The van der Waals surface area contributed by atoms with Crippen molar-refractivity contribution in [1.82, 2.24) is 0 Å². The van der Waals surface area contributed by atoms with Gasteiger partial charge >= 0.3 is 0 Å². The molecule has 1 aromatic carbocycles. The molecule has 0 spiro atoms. The van der Waals surface area contributed by atoms with Crippen molar-refractivity contribution in [2.45, 2.75) is 122 Å². The summed E-state index contributed by atoms with van der Waals surface area (Å²) in [7, 11) is 0. The van der Waals surface area contributed by atoms with Crippen molar-refractivity contribution < 1.29 is 0 Å². The normalized spacial score (nSPS) is 23.5. The molecule has 0 amide bonds. The topological polar surface area (TPSA) is 23.8 Å². The SMILES string of the molecule is CCCCCCCCC1CCC(CCC2CC=C(CCc3ccc(C#N)cc3)CC2)CC1. The molecule has 1 aromatic rings. The highest BCUT2D eigenvalue weighted by molar-refractivity contribution is 5.32. The van der Waals surface area contributed by atoms with Crippen molar-refractivity contribution >= 4 is 0 Å². The quantitative estimate of drug-likeness (QED) is 0.224. The summed E-state index contributed by atoms with van der Waals surface area (Å²) in [5.74, 6) is 3.01. The van der Waals surface area contributed by atoms with Crippen LogP contribution in [0.25, 0.3) is 0 Å². The minimum absolute atomic E-state index is 0.764. The number of hydrogen-bond donors (Lipinski definition) is 0. The summed E-state index contributed by atoms with van der Waals surface area (Å²) in [5, 5.41) is 8.93. The third kappa shape index (κ3) is 9.13. The highest BCUT2D eigenvalue weighted by Gasteiger charge is 2.22. The first kappa shape index (κ1) is 25.1. The standard InChI is InChI=1S/C31H47N/c1-2-3-4-5-6-7-8-26-9-11-27(12-10-26)13-14-28-15-17-29(18-16-28)19-20-30-21-23-31(25-32)24-22-30/h17,21-24,26-28H,2-16,18-20H2,1H3. The fraction of sp³-hybridized carbons (Fsp3) is 0.710. The third-order valence-corrected chi connectivity index (χ3v) is 8.35. The summed E-state index contributed by atoms with van der Waals surface area (Å²) in [6.07, 6.45) is 28.1. The maximum Gasteiger partial charge on any atom is 0.0991 e. The van der Waals surface area contributed by atoms with Crippen LogP contribution in [-0.2, 0) is 6.42 Å². The van der Waals surface area contributed by atoms with Crippen molar-refractivity contribution in [2.24, 2.45) is 17.8 Å². The molecular weight excluding hydrogens is 386 g/mol. The minimum atomic E-state index is 0.764. The van der Waals surface area contributed by atoms with E-state index < -0.39 is 0 Å². The van der Waals surface area contributed by atoms with Crippen molar-refractivity contribution in [3.05, 3.63) is 47.0 Å². The Bertz CT molecular complexity index is 699. The number of unbranched alkanes of at least 4 members (excludes halogenated alkanes) is 5. The summed E-state index contributed by atoms with van der Waals surface area (Å²) >= 11 is 0. The number of nitrogens with zero attached hydrogens (tertiary/aromatic N) is 1. The molecule has 1 heteroatoms. The Morgan fingerprint density at radius 1 is 0.750 bits per heavy atom. The lowest BCUT2D eigenvalue weighted by molar-refractivity contribution is 0.234. The van der Waals surface area contributed by atoms with E-state index in [1.165, 1.54) is 115 Å². The summed E-state index contributed by atoms with van der Waals surface area (Å²) in [6, 6.07) is 10.3. The zero-order valence-corrected chi connectivity index (χ0v) is 20.8. The van der Waals surface area contributed by atoms with Gasteiger partial charge in [-0.15, -0.1) is 0 Å². The van der Waals surface area contributed by atoms with E-state index in [0.29, 0.717) is 0 Å². The maximum atomic E-state index is 8.93. The molecule has 0 aromatic heterocycles. The van der Waals surface area contributed by atoms with E-state index in [1.807, 2.05) is 12.1 Å². The van der Waals surface area contributed by atoms with Gasteiger partial charge < -0.3 is 0 Å². The minimum Gasteiger partial charge on any atom is -0.192 e. The van der Waals surface area contributed by atoms with E-state index in [1.54, 1.807) is 5.57 Å². The molecule has 1 saturated carbocycles. The lowest BCUT2D eigenvalue weighted by Gasteiger charge is -2.30. The average molecular weight is 434 g/mol. The van der Waals surface area contributed by atoms with Gasteiger partial charge in [-0.2, -0.15) is 5.26 Å². The van der Waals surface area contributed by atoms with Crippen molar-refractivity contribution in [3.8, 4) is 6.07 Å². The maximum absolute atomic E-state index is 8.93. The van der Waals surface area contributed by atoms with Gasteiger partial charge in [0.05, 0.1) is 11.6 Å². The van der Waals surface area contributed by atoms with Gasteiger partial charge in [-0.25, -0.2) is 0 Å². The number of nitriles is 1. The van der Waals surface area contributed by atoms with Crippen LogP contribution in [0.2, 0.25) is 0 Å². The van der Waals surface area contributed by atoms with E-state index in [2.05, 4.69) is 31.2 Å². The Kier molecular flexibility index (Phi) is 11.4. The molecule has 32 heavy (non-hydrogen) atoms. The van der Waals surface area contributed by atoms with E-state index in [4.69, 9.17) is 5.26 Å². The molecule has 2 aliphatic rings. The van der Waals surface area contributed by atoms with Crippen molar-refractivity contribution in [2.75, 3.05) is 0 Å². The molecule has 3 rings (SSSR count). The van der Waals surface area contributed by atoms with E-state index in [-0.39, 0.29) is 0 Å². The van der Waals surface area contributed by atoms with Gasteiger partial charge in [-0.05, 0) is 74.0 Å². The predicted octanol–water partition coefficient (Wildman–Crippen LogP) is 9.55. The summed E-state index contributed by atoms with van der Waals surface area (Å²) < 4.78 is 0. The molecule has 0 saturated heterocycles. The molecule has 1 nitrogen and oxygen atoms in total. The Morgan fingerprint density at radius 3 is 2.06 bits per heavy atom. The fourth-order valence-electron chi connectivity index (χ4n) is 5.98. The summed E-state index contributed by atoms with van der Waals surface area (Å²) in [6.45, 7) is 2.31. The zero-order chi connectivity index (χ0) is 22.4. The monoisotopic (exact) mass is 433 g/mol. The average Bonchev–Trinajstić information content (AvgIpc) is 2.85. The molecule has 2 aliphatic carbocycles. The third-order valence-electron chi connectivity index (χ3n) is 8.35. The Labute approximate surface area is 198 Å². The molecule has 0 heterocycles. The number of rotatable bonds is 13. The van der Waals surface area contributed by atoms with Crippen LogP contribution >= 0.6 is 0 Å². The number of allylic oxidation sites excluding steroid dienone is 2. The molecule has 0 radical (unpaired) electrons. The summed E-state index contributed by atoms with van der Waals surface area (Å²) in [4.78, 5) is 0. The van der Waals surface area contributed by atoms with Gasteiger partial charge in [-0.3, -0.25) is 0 Å². The van der Waals surface area contributed by atoms with Gasteiger partial charge in [0.15, 0.2) is 0 Å². The second-order valence-corrected chi connectivity index (χ2v) is 10.8. The molecular formula is C31H47N. The van der Waals surface area contributed by atoms with Crippen LogP contribution in [0.4, 0.5) is 0 Å². The lowest BCUT2D eigenvalue weighted by atomic mass is 9.76. The lowest BCUT2D eigenvalue weighted by Crippen LogP contribution is -2.16. The van der Waals surface area contributed by atoms with E-state index in [0.717, 1.165) is 29.7 Å². The summed E-state index contributed by atoms with van der Waals surface area (Å²) in [5.41, 5.74) is 3.79. The van der Waals surface area contributed by atoms with Gasteiger partial charge in [0.2, 0.25) is 0 Å². The Hall–Kier alpha value is -1.55. The first-order valence-electron chi connectivity index (χ1n) is 13.9. The second-order valence-electron chi connectivity index (χ2n) is 10.8. The zero-order valence-electron chi connectivity index (χ0n) is 20.8. The van der Waals surface area contributed by atoms with Crippen LogP contribution in [0.1, 0.15) is 127 Å². The smallest absolute Gasteiger partial charge is 0.0991 e. The van der Waals surface area contributed by atoms with Gasteiger partial charge in [-0.1, -0.05) is 108 Å². The van der Waals surface area contributed by atoms with Crippen LogP contribution in [0, 0.1) is 29.1 Å². The van der Waals surface area contributed by atoms with Crippen molar-refractivity contribution in [3.63, 3.8) is 0 Å². The van der Waals surface area contributed by atoms with Gasteiger partial charge in [0.1, 0.15) is 0 Å². The molecule has 1 unspecified atom stereocenters. The van der Waals surface area contributed by atoms with Crippen LogP contribution in [0.15, 0.2) is 35.9 Å². The predicted molar refractivity (Wildman–Crippen MR) is 138 cm³/mol. The number of hydrogen-bond acceptors (Lipinski definition) is 1. The van der Waals surface area contributed by atoms with Crippen LogP contribution in [-0.4, -0.2) is 0 Å². The molecule has 0 N–H and O–H groups in total. The first-order valence-corrected chi connectivity index (χ1v) is 13.9. The first-order chi connectivity index (χ1) is 15.8. The Morgan fingerprint density at radius 2 is 1.41 bits per heavy atom. The van der Waals surface area contributed by atoms with E-state index >= 15 is 0 Å². The molecule has 1 fully saturated rings. The number of aryl methyl sites for hydroxylation is 1. The molecule has 1 atom stereocenters.